The van der Waals surface area contributed by atoms with Crippen molar-refractivity contribution in [3.63, 3.8) is 0 Å². The number of nitrogens with one attached hydrogen (secondary N) is 1. The molecule has 3 N–H and O–H groups in total. The Morgan fingerprint density at radius 3 is 2.45 bits per heavy atom. The summed E-state index contributed by atoms with van der Waals surface area (Å²) in [6, 6.07) is 5.58. The Hall–Kier alpha value is -3.86. The van der Waals surface area contributed by atoms with Crippen LogP contribution >= 0.6 is 11.6 Å². The van der Waals surface area contributed by atoms with Gasteiger partial charge in [0.15, 0.2) is 11.5 Å². The number of hydrogen-bond acceptors (Lipinski definition) is 8. The zero-order valence-corrected chi connectivity index (χ0v) is 23.1. The van der Waals surface area contributed by atoms with Gasteiger partial charge in [-0.3, -0.25) is 9.69 Å². The molecule has 0 spiro atoms. The van der Waals surface area contributed by atoms with Gasteiger partial charge in [-0.1, -0.05) is 11.6 Å². The number of halogens is 1. The number of aromatic amines is 1. The largest absolute Gasteiger partial charge is 0.459 e. The first-order valence-electron chi connectivity index (χ1n) is 12.1. The highest BCUT2D eigenvalue weighted by Crippen LogP contribution is 2.27. The summed E-state index contributed by atoms with van der Waals surface area (Å²) in [7, 11) is 0. The van der Waals surface area contributed by atoms with Gasteiger partial charge in [-0.15, -0.1) is 0 Å². The number of anilines is 1. The molecule has 0 unspecified atom stereocenters. The lowest BCUT2D eigenvalue weighted by Crippen LogP contribution is -2.41. The fraction of sp³-hybridized carbons (Fsp3) is 0.423. The average Bonchev–Trinajstić information content (AvgIpc) is 3.35. The number of aromatic nitrogens is 5. The molecule has 0 saturated heterocycles. The van der Waals surface area contributed by atoms with Gasteiger partial charge in [0.1, 0.15) is 29.6 Å². The van der Waals surface area contributed by atoms with Gasteiger partial charge < -0.3 is 24.8 Å². The zero-order valence-electron chi connectivity index (χ0n) is 22.3. The van der Waals surface area contributed by atoms with Crippen LogP contribution in [-0.2, 0) is 27.4 Å². The fourth-order valence-corrected chi connectivity index (χ4v) is 4.24. The number of esters is 1. The molecule has 0 bridgehead atoms. The van der Waals surface area contributed by atoms with Crippen LogP contribution in [0.15, 0.2) is 30.9 Å². The number of amides is 1. The molecule has 0 aliphatic rings. The predicted octanol–water partition coefficient (Wildman–Crippen LogP) is 4.67. The maximum atomic E-state index is 13.0. The highest BCUT2D eigenvalue weighted by molar-refractivity contribution is 6.31. The lowest BCUT2D eigenvalue weighted by molar-refractivity contribution is -0.156. The van der Waals surface area contributed by atoms with Crippen molar-refractivity contribution in [3.05, 3.63) is 47.1 Å². The molecule has 3 aromatic heterocycles. The van der Waals surface area contributed by atoms with Crippen molar-refractivity contribution < 1.29 is 19.1 Å². The van der Waals surface area contributed by atoms with Crippen molar-refractivity contribution in [1.29, 1.82) is 0 Å². The lowest BCUT2D eigenvalue weighted by Gasteiger charge is -2.28. The Bertz CT molecular complexity index is 1500. The Labute approximate surface area is 225 Å². The van der Waals surface area contributed by atoms with Crippen LogP contribution < -0.4 is 5.73 Å². The first-order valence-corrected chi connectivity index (χ1v) is 12.5. The van der Waals surface area contributed by atoms with E-state index in [9.17, 15) is 9.59 Å². The average molecular weight is 542 g/mol. The second-order valence-corrected chi connectivity index (χ2v) is 11.5. The van der Waals surface area contributed by atoms with Crippen LogP contribution in [0.1, 0.15) is 52.8 Å². The van der Waals surface area contributed by atoms with Gasteiger partial charge in [-0.05, 0) is 65.3 Å². The van der Waals surface area contributed by atoms with E-state index >= 15 is 0 Å². The SMILES string of the molecule is CC(C)(C)OC(=O)CN(Cc1cc2cc(Cl)cc(Cn3cnc4c(N)ncnc43)c2[nH]1)C(=O)OC(C)(C)C. The quantitative estimate of drug-likeness (QED) is 0.335. The van der Waals surface area contributed by atoms with Crippen LogP contribution in [0.25, 0.3) is 22.1 Å². The van der Waals surface area contributed by atoms with Crippen molar-refractivity contribution in [1.82, 2.24) is 29.4 Å². The third-order valence-corrected chi connectivity index (χ3v) is 5.57. The normalized spacial score (nSPS) is 12.2. The van der Waals surface area contributed by atoms with Crippen LogP contribution in [0.4, 0.5) is 10.6 Å². The van der Waals surface area contributed by atoms with Crippen LogP contribution in [-0.4, -0.2) is 59.2 Å². The van der Waals surface area contributed by atoms with Crippen molar-refractivity contribution >= 4 is 51.5 Å². The molecule has 0 fully saturated rings. The highest BCUT2D eigenvalue weighted by Gasteiger charge is 2.27. The number of benzene rings is 1. The number of hydrogen-bond donors (Lipinski definition) is 2. The number of rotatable bonds is 6. The van der Waals surface area contributed by atoms with Crippen molar-refractivity contribution in [2.24, 2.45) is 0 Å². The summed E-state index contributed by atoms with van der Waals surface area (Å²) in [6.07, 6.45) is 2.42. The van der Waals surface area contributed by atoms with E-state index in [1.165, 1.54) is 11.2 Å². The standard InChI is InChI=1S/C26H32ClN7O4/c1-25(2,3)37-19(35)12-33(24(36)38-26(4,5)6)11-18-9-15-7-17(27)8-16(20(15)32-18)10-34-14-31-21-22(28)29-13-30-23(21)34/h7-9,13-14,32H,10-12H2,1-6H3,(H2,28,29,30). The Balaban J connectivity index is 1.64. The van der Waals surface area contributed by atoms with Gasteiger partial charge in [0.2, 0.25) is 0 Å². The van der Waals surface area contributed by atoms with Crippen LogP contribution in [0.3, 0.4) is 0 Å². The molecule has 202 valence electrons. The molecule has 0 aliphatic carbocycles. The zero-order chi connectivity index (χ0) is 27.8. The molecule has 4 rings (SSSR count). The Kier molecular flexibility index (Phi) is 7.24. The number of fused-ring (bicyclic) bond motifs is 2. The monoisotopic (exact) mass is 541 g/mol. The van der Waals surface area contributed by atoms with Crippen molar-refractivity contribution in [2.45, 2.75) is 65.8 Å². The molecule has 0 radical (unpaired) electrons. The maximum absolute atomic E-state index is 13.0. The summed E-state index contributed by atoms with van der Waals surface area (Å²) >= 11 is 6.45. The molecule has 1 aromatic carbocycles. The molecule has 0 saturated carbocycles. The van der Waals surface area contributed by atoms with Crippen molar-refractivity contribution in [3.8, 4) is 0 Å². The van der Waals surface area contributed by atoms with E-state index in [1.54, 1.807) is 47.9 Å². The van der Waals surface area contributed by atoms with Gasteiger partial charge in [-0.25, -0.2) is 19.7 Å². The van der Waals surface area contributed by atoms with E-state index < -0.39 is 23.3 Å². The van der Waals surface area contributed by atoms with E-state index in [0.29, 0.717) is 34.2 Å². The molecule has 4 aromatic rings. The van der Waals surface area contributed by atoms with Gasteiger partial charge in [-0.2, -0.15) is 0 Å². The minimum atomic E-state index is -0.731. The van der Waals surface area contributed by atoms with E-state index in [-0.39, 0.29) is 13.1 Å². The van der Waals surface area contributed by atoms with E-state index in [2.05, 4.69) is 19.9 Å². The number of ether oxygens (including phenoxy) is 2. The number of nitrogen functional groups attached to an aromatic ring is 1. The summed E-state index contributed by atoms with van der Waals surface area (Å²) in [5.41, 5.74) is 8.04. The summed E-state index contributed by atoms with van der Waals surface area (Å²) in [5, 5.41) is 1.40. The lowest BCUT2D eigenvalue weighted by atomic mass is 10.1. The summed E-state index contributed by atoms with van der Waals surface area (Å²) in [6.45, 7) is 10.9. The summed E-state index contributed by atoms with van der Waals surface area (Å²) < 4.78 is 12.8. The minimum absolute atomic E-state index is 0.0949. The molecule has 1 amide bonds. The third-order valence-electron chi connectivity index (χ3n) is 5.35. The van der Waals surface area contributed by atoms with Gasteiger partial charge >= 0.3 is 12.1 Å². The van der Waals surface area contributed by atoms with Gasteiger partial charge in [0.05, 0.1) is 24.9 Å². The molecule has 0 atom stereocenters. The van der Waals surface area contributed by atoms with E-state index in [0.717, 1.165) is 16.5 Å². The predicted molar refractivity (Wildman–Crippen MR) is 145 cm³/mol. The molecule has 0 aliphatic heterocycles. The molecule has 12 heteroatoms. The van der Waals surface area contributed by atoms with Crippen LogP contribution in [0, 0.1) is 0 Å². The van der Waals surface area contributed by atoms with E-state index in [1.807, 2.05) is 22.8 Å². The summed E-state index contributed by atoms with van der Waals surface area (Å²) in [4.78, 5) is 42.9. The molecular formula is C26H32ClN7O4. The molecule has 3 heterocycles. The van der Waals surface area contributed by atoms with Crippen molar-refractivity contribution in [2.75, 3.05) is 12.3 Å². The number of imidazole rings is 1. The number of H-pyrrole nitrogens is 1. The Morgan fingerprint density at radius 1 is 1.05 bits per heavy atom. The van der Waals surface area contributed by atoms with E-state index in [4.69, 9.17) is 26.8 Å². The second-order valence-electron chi connectivity index (χ2n) is 11.1. The number of carbonyl (C=O) groups excluding carboxylic acids is 2. The molecule has 38 heavy (non-hydrogen) atoms. The van der Waals surface area contributed by atoms with Crippen LogP contribution in [0.2, 0.25) is 5.02 Å². The highest BCUT2D eigenvalue weighted by atomic mass is 35.5. The first-order chi connectivity index (χ1) is 17.7. The fourth-order valence-electron chi connectivity index (χ4n) is 3.99. The smallest absolute Gasteiger partial charge is 0.411 e. The van der Waals surface area contributed by atoms with Crippen LogP contribution in [0.5, 0.6) is 0 Å². The van der Waals surface area contributed by atoms with Gasteiger partial charge in [0.25, 0.3) is 0 Å². The number of nitrogens with two attached hydrogens (primary N) is 1. The Morgan fingerprint density at radius 2 is 1.76 bits per heavy atom. The number of nitrogens with zero attached hydrogens (tertiary/aromatic N) is 5. The number of carbonyl (C=O) groups is 2. The minimum Gasteiger partial charge on any atom is -0.459 e. The molecule has 11 nitrogen and oxygen atoms in total. The molecular weight excluding hydrogens is 510 g/mol. The van der Waals surface area contributed by atoms with Gasteiger partial charge in [0, 0.05) is 16.1 Å². The summed E-state index contributed by atoms with van der Waals surface area (Å²) in [5.74, 6) is -0.226. The topological polar surface area (TPSA) is 141 Å². The first kappa shape index (κ1) is 27.2. The third kappa shape index (κ3) is 6.52. The maximum Gasteiger partial charge on any atom is 0.411 e. The second kappa shape index (κ2) is 10.1.